The normalized spacial score (nSPS) is 23.1. The summed E-state index contributed by atoms with van der Waals surface area (Å²) in [5.74, 6) is -1.30. The van der Waals surface area contributed by atoms with Crippen LogP contribution in [0.1, 0.15) is 47.5 Å². The van der Waals surface area contributed by atoms with Crippen LogP contribution in [0, 0.1) is 5.41 Å². The van der Waals surface area contributed by atoms with E-state index < -0.39 is 58.0 Å². The van der Waals surface area contributed by atoms with Gasteiger partial charge in [0.05, 0.1) is 18.1 Å². The first-order chi connectivity index (χ1) is 12.6. The van der Waals surface area contributed by atoms with Gasteiger partial charge in [-0.1, -0.05) is 0 Å². The number of fused-ring (bicyclic) bond motifs is 2. The van der Waals surface area contributed by atoms with Crippen molar-refractivity contribution in [3.63, 3.8) is 0 Å². The van der Waals surface area contributed by atoms with Crippen molar-refractivity contribution in [3.8, 4) is 0 Å². The lowest BCUT2D eigenvalue weighted by Crippen LogP contribution is -2.47. The van der Waals surface area contributed by atoms with E-state index in [1.54, 1.807) is 20.8 Å². The highest BCUT2D eigenvalue weighted by Gasteiger charge is 2.49. The molecule has 2 aliphatic heterocycles. The van der Waals surface area contributed by atoms with Crippen molar-refractivity contribution in [1.29, 1.82) is 0 Å². The van der Waals surface area contributed by atoms with Crippen LogP contribution in [0.3, 0.4) is 0 Å². The number of carbonyl (C=O) groups is 3. The summed E-state index contributed by atoms with van der Waals surface area (Å²) < 4.78 is 39.2. The average molecular weight is 421 g/mol. The monoisotopic (exact) mass is 421 g/mol. The topological polar surface area (TPSA) is 146 Å². The van der Waals surface area contributed by atoms with Crippen molar-refractivity contribution in [1.82, 2.24) is 9.96 Å². The minimum atomic E-state index is -4.63. The van der Waals surface area contributed by atoms with Crippen molar-refractivity contribution in [3.05, 3.63) is 0 Å². The van der Waals surface area contributed by atoms with E-state index in [9.17, 15) is 22.8 Å². The minimum absolute atomic E-state index is 0.130. The molecule has 0 aromatic carbocycles. The minimum Gasteiger partial charge on any atom is -0.459 e. The molecule has 2 unspecified atom stereocenters. The van der Waals surface area contributed by atoms with Crippen molar-refractivity contribution in [2.75, 3.05) is 13.2 Å². The molecule has 2 rings (SSSR count). The van der Waals surface area contributed by atoms with E-state index in [0.717, 1.165) is 0 Å². The summed E-state index contributed by atoms with van der Waals surface area (Å²) in [5.41, 5.74) is 3.27. The number of hydrogen-bond donors (Lipinski definition) is 1. The number of hydrogen-bond acceptors (Lipinski definition) is 8. The first kappa shape index (κ1) is 22.4. The van der Waals surface area contributed by atoms with Gasteiger partial charge in [-0.3, -0.25) is 9.59 Å². The number of rotatable bonds is 7. The molecule has 0 aliphatic carbocycles. The second kappa shape index (κ2) is 7.48. The molecule has 2 heterocycles. The summed E-state index contributed by atoms with van der Waals surface area (Å²) in [5, 5.41) is 0.679. The van der Waals surface area contributed by atoms with Gasteiger partial charge in [0.15, 0.2) is 0 Å². The lowest BCUT2D eigenvalue weighted by atomic mass is 9.95. The van der Waals surface area contributed by atoms with Crippen LogP contribution < -0.4 is 5.73 Å². The van der Waals surface area contributed by atoms with Crippen molar-refractivity contribution >= 4 is 28.3 Å². The molecule has 0 aromatic heterocycles. The predicted octanol–water partition coefficient (Wildman–Crippen LogP) is 0.301. The largest absolute Gasteiger partial charge is 0.459 e. The Morgan fingerprint density at radius 1 is 1.18 bits per heavy atom. The van der Waals surface area contributed by atoms with Crippen LogP contribution >= 0.6 is 0 Å². The Labute approximate surface area is 164 Å². The van der Waals surface area contributed by atoms with E-state index in [-0.39, 0.29) is 6.54 Å². The molecule has 3 amide bonds. The third-order valence-electron chi connectivity index (χ3n) is 4.34. The molecule has 2 fully saturated rings. The number of nitrogens with zero attached hydrogens (tertiary/aromatic N) is 2. The Morgan fingerprint density at radius 2 is 1.79 bits per heavy atom. The van der Waals surface area contributed by atoms with Crippen molar-refractivity contribution < 1.29 is 36.0 Å². The van der Waals surface area contributed by atoms with E-state index in [4.69, 9.17) is 18.9 Å². The summed E-state index contributed by atoms with van der Waals surface area (Å²) in [7, 11) is -4.63. The van der Waals surface area contributed by atoms with Gasteiger partial charge < -0.3 is 15.4 Å². The molecule has 2 saturated heterocycles. The van der Waals surface area contributed by atoms with Crippen LogP contribution in [0.5, 0.6) is 0 Å². The number of carbonyl (C=O) groups excluding carboxylic acids is 3. The summed E-state index contributed by atoms with van der Waals surface area (Å²) in [6, 6.07) is -2.11. The van der Waals surface area contributed by atoms with Gasteiger partial charge in [-0.25, -0.2) is 8.98 Å². The lowest BCUT2D eigenvalue weighted by molar-refractivity contribution is -0.167. The van der Waals surface area contributed by atoms with E-state index in [1.165, 1.54) is 18.7 Å². The summed E-state index contributed by atoms with van der Waals surface area (Å²) in [6.45, 7) is 7.59. The maximum atomic E-state index is 12.4. The zero-order valence-corrected chi connectivity index (χ0v) is 17.4. The maximum absolute atomic E-state index is 12.4. The van der Waals surface area contributed by atoms with Crippen LogP contribution in [0.4, 0.5) is 4.79 Å². The number of hydroxylamine groups is 2. The summed E-state index contributed by atoms with van der Waals surface area (Å²) in [4.78, 5) is 37.2. The van der Waals surface area contributed by atoms with Crippen LogP contribution in [0.2, 0.25) is 0 Å². The van der Waals surface area contributed by atoms with E-state index in [2.05, 4.69) is 0 Å². The highest BCUT2D eigenvalue weighted by molar-refractivity contribution is 7.81. The Hall–Kier alpha value is -1.92. The van der Waals surface area contributed by atoms with Crippen LogP contribution in [0.15, 0.2) is 0 Å². The van der Waals surface area contributed by atoms with Crippen LogP contribution in [-0.4, -0.2) is 67.1 Å². The molecule has 11 nitrogen and oxygen atoms in total. The first-order valence-corrected chi connectivity index (χ1v) is 10.2. The van der Waals surface area contributed by atoms with Gasteiger partial charge in [0.2, 0.25) is 5.91 Å². The maximum Gasteiger partial charge on any atom is 0.421 e. The molecular formula is C16H27N3O8S. The second-order valence-electron chi connectivity index (χ2n) is 8.54. The zero-order valence-electron chi connectivity index (χ0n) is 16.6. The lowest BCUT2D eigenvalue weighted by Gasteiger charge is -2.28. The molecule has 2 atom stereocenters. The smallest absolute Gasteiger partial charge is 0.421 e. The molecule has 0 aromatic rings. The highest BCUT2D eigenvalue weighted by atomic mass is 32.3. The van der Waals surface area contributed by atoms with Crippen LogP contribution in [-0.2, 0) is 33.2 Å². The Bertz CT molecular complexity index is 758. The second-order valence-corrected chi connectivity index (χ2v) is 9.74. The van der Waals surface area contributed by atoms with Gasteiger partial charge in [0, 0.05) is 6.54 Å². The van der Waals surface area contributed by atoms with Crippen molar-refractivity contribution in [2.24, 2.45) is 11.1 Å². The molecule has 2 aliphatic rings. The molecule has 2 N–H and O–H groups in total. The third-order valence-corrected chi connectivity index (χ3v) is 5.09. The SMILES string of the molecule is CC(C)(C)OC(=O)C(C)(C)COS(=O)(=O)ON1C(=O)N2CC1CCC2C(N)=O. The van der Waals surface area contributed by atoms with E-state index >= 15 is 0 Å². The fourth-order valence-electron chi connectivity index (χ4n) is 2.84. The highest BCUT2D eigenvalue weighted by Crippen LogP contribution is 2.31. The summed E-state index contributed by atoms with van der Waals surface area (Å²) in [6.07, 6.45) is 0.674. The quantitative estimate of drug-likeness (QED) is 0.578. The van der Waals surface area contributed by atoms with E-state index in [0.29, 0.717) is 17.9 Å². The van der Waals surface area contributed by atoms with Crippen molar-refractivity contribution in [2.45, 2.75) is 65.1 Å². The average Bonchev–Trinajstić information content (AvgIpc) is 2.76. The molecular weight excluding hydrogens is 394 g/mol. The Morgan fingerprint density at radius 3 is 2.32 bits per heavy atom. The number of primary amides is 1. The van der Waals surface area contributed by atoms with Gasteiger partial charge in [-0.15, -0.1) is 4.28 Å². The molecule has 2 bridgehead atoms. The predicted molar refractivity (Wildman–Crippen MR) is 95.5 cm³/mol. The molecule has 0 saturated carbocycles. The standard InChI is InChI=1S/C16H27N3O8S/c1-15(2,3)26-13(21)16(4,5)9-25-28(23,24)27-19-10-6-7-11(12(17)20)18(8-10)14(19)22/h10-11H,6-9H2,1-5H3,(H2,17,20). The van der Waals surface area contributed by atoms with Gasteiger partial charge in [0.25, 0.3) is 0 Å². The fraction of sp³-hybridized carbons (Fsp3) is 0.812. The third kappa shape index (κ3) is 5.11. The molecule has 0 spiro atoms. The van der Waals surface area contributed by atoms with Gasteiger partial charge in [-0.2, -0.15) is 13.5 Å². The number of amides is 3. The molecule has 0 radical (unpaired) electrons. The number of urea groups is 1. The van der Waals surface area contributed by atoms with Gasteiger partial charge in [-0.05, 0) is 47.5 Å². The number of ether oxygens (including phenoxy) is 1. The van der Waals surface area contributed by atoms with E-state index in [1.807, 2.05) is 0 Å². The number of nitrogens with two attached hydrogens (primary N) is 1. The first-order valence-electron chi connectivity index (χ1n) is 8.84. The fourth-order valence-corrected chi connectivity index (χ4v) is 3.70. The summed E-state index contributed by atoms with van der Waals surface area (Å²) >= 11 is 0. The molecule has 160 valence electrons. The Kier molecular flexibility index (Phi) is 5.98. The number of piperidine rings is 1. The Balaban J connectivity index is 2.00. The zero-order chi connectivity index (χ0) is 21.5. The molecule has 28 heavy (non-hydrogen) atoms. The van der Waals surface area contributed by atoms with Gasteiger partial charge in [0.1, 0.15) is 11.6 Å². The van der Waals surface area contributed by atoms with Crippen LogP contribution in [0.25, 0.3) is 0 Å². The molecule has 12 heteroatoms. The van der Waals surface area contributed by atoms with Gasteiger partial charge >= 0.3 is 22.4 Å². The number of esters is 1.